The van der Waals surface area contributed by atoms with Gasteiger partial charge in [0.25, 0.3) is 16.9 Å². The number of nitro groups is 2. The summed E-state index contributed by atoms with van der Waals surface area (Å²) in [5, 5.41) is 22.5. The summed E-state index contributed by atoms with van der Waals surface area (Å²) in [6.45, 7) is 0. The SMILES string of the molecule is O=c1/c(=C\c2ccc([N+](=O)[O-])cc2)sc2n1[C@H](c1cccc([N+](=O)[O-])c1)C1=C(N=2)c2ccccc2CC1. The number of thiazole rings is 1. The van der Waals surface area contributed by atoms with E-state index < -0.39 is 15.9 Å². The average molecular weight is 511 g/mol. The minimum Gasteiger partial charge on any atom is -0.272 e. The summed E-state index contributed by atoms with van der Waals surface area (Å²) in [5.74, 6) is 0. The molecular weight excluding hydrogens is 492 g/mol. The number of rotatable bonds is 4. The second-order valence-corrected chi connectivity index (χ2v) is 9.82. The van der Waals surface area contributed by atoms with Crippen molar-refractivity contribution in [1.82, 2.24) is 4.57 Å². The van der Waals surface area contributed by atoms with Crippen LogP contribution in [0.5, 0.6) is 0 Å². The van der Waals surface area contributed by atoms with Crippen LogP contribution >= 0.6 is 11.3 Å². The molecule has 1 aliphatic heterocycles. The highest BCUT2D eigenvalue weighted by molar-refractivity contribution is 7.07. The quantitative estimate of drug-likeness (QED) is 0.302. The topological polar surface area (TPSA) is 121 Å². The van der Waals surface area contributed by atoms with E-state index in [1.165, 1.54) is 41.2 Å². The summed E-state index contributed by atoms with van der Waals surface area (Å²) >= 11 is 1.23. The number of nitro benzene ring substituents is 2. The molecule has 3 aromatic carbocycles. The van der Waals surface area contributed by atoms with E-state index in [4.69, 9.17) is 4.99 Å². The third-order valence-corrected chi connectivity index (χ3v) is 7.65. The molecule has 0 saturated carbocycles. The van der Waals surface area contributed by atoms with Gasteiger partial charge < -0.3 is 0 Å². The lowest BCUT2D eigenvalue weighted by Crippen LogP contribution is -2.38. The Bertz CT molecular complexity index is 1820. The van der Waals surface area contributed by atoms with Crippen molar-refractivity contribution in [1.29, 1.82) is 0 Å². The van der Waals surface area contributed by atoms with Crippen LogP contribution in [0.25, 0.3) is 11.8 Å². The maximum absolute atomic E-state index is 13.7. The third-order valence-electron chi connectivity index (χ3n) is 6.67. The number of nitrogens with zero attached hydrogens (tertiary/aromatic N) is 4. The first-order valence-corrected chi connectivity index (χ1v) is 12.3. The molecule has 0 spiro atoms. The van der Waals surface area contributed by atoms with Gasteiger partial charge in [0.1, 0.15) is 0 Å². The van der Waals surface area contributed by atoms with Crippen LogP contribution in [0, 0.1) is 20.2 Å². The van der Waals surface area contributed by atoms with Crippen molar-refractivity contribution in [3.05, 3.63) is 141 Å². The molecule has 10 heteroatoms. The van der Waals surface area contributed by atoms with E-state index in [0.29, 0.717) is 26.9 Å². The third kappa shape index (κ3) is 3.87. The average Bonchev–Trinajstić information content (AvgIpc) is 3.22. The van der Waals surface area contributed by atoms with Gasteiger partial charge in [-0.05, 0) is 53.3 Å². The number of aromatic nitrogens is 1. The summed E-state index contributed by atoms with van der Waals surface area (Å²) in [6.07, 6.45) is 3.15. The van der Waals surface area contributed by atoms with E-state index >= 15 is 0 Å². The number of allylic oxidation sites excluding steroid dienone is 1. The molecular formula is C27H18N4O5S. The largest absolute Gasteiger partial charge is 0.272 e. The fourth-order valence-electron chi connectivity index (χ4n) is 4.97. The lowest BCUT2D eigenvalue weighted by Gasteiger charge is -2.30. The highest BCUT2D eigenvalue weighted by Crippen LogP contribution is 2.41. The van der Waals surface area contributed by atoms with Gasteiger partial charge in [0.2, 0.25) is 0 Å². The second-order valence-electron chi connectivity index (χ2n) is 8.81. The standard InChI is InChI=1S/C27H18N4O5S/c32-26-23(14-16-8-11-19(12-9-16)30(33)34)37-27-28-24-21-7-2-1-4-17(21)10-13-22(24)25(29(26)27)18-5-3-6-20(15-18)31(35)36/h1-9,11-12,14-15,25H,10,13H2/b23-14+/t25-/m1/s1. The first-order valence-electron chi connectivity index (χ1n) is 11.5. The van der Waals surface area contributed by atoms with Gasteiger partial charge in [-0.15, -0.1) is 0 Å². The number of fused-ring (bicyclic) bond motifs is 3. The Morgan fingerprint density at radius 2 is 1.68 bits per heavy atom. The molecule has 0 fully saturated rings. The van der Waals surface area contributed by atoms with Crippen LogP contribution in [0.3, 0.4) is 0 Å². The van der Waals surface area contributed by atoms with Gasteiger partial charge in [-0.2, -0.15) is 0 Å². The number of non-ortho nitro benzene ring substituents is 2. The number of hydrogen-bond donors (Lipinski definition) is 0. The monoisotopic (exact) mass is 510 g/mol. The Hall–Kier alpha value is -4.70. The molecule has 0 unspecified atom stereocenters. The van der Waals surface area contributed by atoms with E-state index in [9.17, 15) is 25.0 Å². The van der Waals surface area contributed by atoms with Gasteiger partial charge in [0.05, 0.1) is 26.1 Å². The predicted molar refractivity (Wildman–Crippen MR) is 139 cm³/mol. The molecule has 2 heterocycles. The van der Waals surface area contributed by atoms with Crippen molar-refractivity contribution in [2.75, 3.05) is 0 Å². The highest BCUT2D eigenvalue weighted by atomic mass is 32.1. The van der Waals surface area contributed by atoms with Crippen LogP contribution in [0.15, 0.2) is 88.2 Å². The molecule has 0 amide bonds. The van der Waals surface area contributed by atoms with Gasteiger partial charge in [-0.3, -0.25) is 29.6 Å². The van der Waals surface area contributed by atoms with Gasteiger partial charge >= 0.3 is 0 Å². The maximum atomic E-state index is 13.7. The molecule has 6 rings (SSSR count). The first-order chi connectivity index (χ1) is 17.9. The normalized spacial score (nSPS) is 16.4. The zero-order valence-corrected chi connectivity index (χ0v) is 20.1. The first kappa shape index (κ1) is 22.7. The van der Waals surface area contributed by atoms with E-state index in [1.54, 1.807) is 28.8 Å². The van der Waals surface area contributed by atoms with E-state index in [0.717, 1.165) is 23.3 Å². The number of aryl methyl sites for hydroxylation is 1. The molecule has 0 N–H and O–H groups in total. The fraction of sp³-hybridized carbons (Fsp3) is 0.111. The Kier molecular flexibility index (Phi) is 5.38. The maximum Gasteiger partial charge on any atom is 0.271 e. The summed E-state index contributed by atoms with van der Waals surface area (Å²) in [7, 11) is 0. The molecule has 0 saturated heterocycles. The molecule has 1 atom stereocenters. The Labute approximate surface area is 213 Å². The van der Waals surface area contributed by atoms with Crippen LogP contribution in [0.4, 0.5) is 11.4 Å². The fourth-order valence-corrected chi connectivity index (χ4v) is 5.98. The van der Waals surface area contributed by atoms with Crippen molar-refractivity contribution in [2.45, 2.75) is 18.9 Å². The second kappa shape index (κ2) is 8.75. The minimum atomic E-state index is -0.529. The molecule has 2 aliphatic rings. The molecule has 0 radical (unpaired) electrons. The highest BCUT2D eigenvalue weighted by Gasteiger charge is 2.33. The van der Waals surface area contributed by atoms with E-state index in [1.807, 2.05) is 24.3 Å². The Balaban J connectivity index is 1.59. The van der Waals surface area contributed by atoms with Gasteiger partial charge in [0.15, 0.2) is 4.80 Å². The lowest BCUT2D eigenvalue weighted by molar-refractivity contribution is -0.385. The van der Waals surface area contributed by atoms with Crippen molar-refractivity contribution in [2.24, 2.45) is 4.99 Å². The summed E-state index contributed by atoms with van der Waals surface area (Å²) in [4.78, 5) is 40.8. The lowest BCUT2D eigenvalue weighted by atomic mass is 9.83. The Morgan fingerprint density at radius 3 is 2.43 bits per heavy atom. The van der Waals surface area contributed by atoms with Gasteiger partial charge in [0, 0.05) is 29.8 Å². The van der Waals surface area contributed by atoms with E-state index in [2.05, 4.69) is 6.07 Å². The number of benzene rings is 3. The van der Waals surface area contributed by atoms with Crippen LogP contribution < -0.4 is 14.9 Å². The molecule has 182 valence electrons. The predicted octanol–water partition coefficient (Wildman–Crippen LogP) is 4.14. The van der Waals surface area contributed by atoms with Crippen molar-refractivity contribution >= 4 is 34.5 Å². The summed E-state index contributed by atoms with van der Waals surface area (Å²) in [5.41, 5.74) is 4.91. The molecule has 37 heavy (non-hydrogen) atoms. The van der Waals surface area contributed by atoms with Crippen LogP contribution in [0.1, 0.15) is 34.7 Å². The number of hydrogen-bond acceptors (Lipinski definition) is 7. The van der Waals surface area contributed by atoms with Gasteiger partial charge in [-0.25, -0.2) is 4.99 Å². The van der Waals surface area contributed by atoms with Crippen LogP contribution in [0.2, 0.25) is 0 Å². The van der Waals surface area contributed by atoms with Crippen LogP contribution in [-0.2, 0) is 6.42 Å². The zero-order valence-electron chi connectivity index (χ0n) is 19.2. The van der Waals surface area contributed by atoms with E-state index in [-0.39, 0.29) is 16.9 Å². The molecule has 1 aliphatic carbocycles. The van der Waals surface area contributed by atoms with Crippen molar-refractivity contribution in [3.63, 3.8) is 0 Å². The minimum absolute atomic E-state index is 0.0318. The molecule has 0 bridgehead atoms. The van der Waals surface area contributed by atoms with Gasteiger partial charge in [-0.1, -0.05) is 47.7 Å². The zero-order chi connectivity index (χ0) is 25.7. The summed E-state index contributed by atoms with van der Waals surface area (Å²) in [6, 6.07) is 19.9. The molecule has 9 nitrogen and oxygen atoms in total. The van der Waals surface area contributed by atoms with Crippen molar-refractivity contribution in [3.8, 4) is 0 Å². The van der Waals surface area contributed by atoms with Crippen molar-refractivity contribution < 1.29 is 9.85 Å². The smallest absolute Gasteiger partial charge is 0.271 e. The summed E-state index contributed by atoms with van der Waals surface area (Å²) < 4.78 is 2.05. The Morgan fingerprint density at radius 1 is 0.919 bits per heavy atom. The van der Waals surface area contributed by atoms with Crippen LogP contribution in [-0.4, -0.2) is 14.4 Å². The molecule has 4 aromatic rings. The molecule has 1 aromatic heterocycles.